The number of rotatable bonds is 12. The predicted octanol–water partition coefficient (Wildman–Crippen LogP) is 3.66. The molecule has 43 heavy (non-hydrogen) atoms. The lowest BCUT2D eigenvalue weighted by Crippen LogP contribution is -2.39. The molecule has 2 atom stereocenters. The lowest BCUT2D eigenvalue weighted by molar-refractivity contribution is -0.753. The first kappa shape index (κ1) is 31.9. The quantitative estimate of drug-likeness (QED) is 0.135. The van der Waals surface area contributed by atoms with Gasteiger partial charge in [0.05, 0.1) is 29.4 Å². The molecule has 0 spiro atoms. The molecule has 0 saturated carbocycles. The summed E-state index contributed by atoms with van der Waals surface area (Å²) in [5.41, 5.74) is 1.56. The third kappa shape index (κ3) is 7.88. The van der Waals surface area contributed by atoms with Crippen LogP contribution in [-0.4, -0.2) is 64.3 Å². The second-order valence-corrected chi connectivity index (χ2v) is 12.9. The van der Waals surface area contributed by atoms with Gasteiger partial charge in [0.2, 0.25) is 12.0 Å². The number of nitrogens with zero attached hydrogens (tertiary/aromatic N) is 3. The van der Waals surface area contributed by atoms with Gasteiger partial charge in [-0.25, -0.2) is 9.63 Å². The van der Waals surface area contributed by atoms with Gasteiger partial charge in [0, 0.05) is 13.7 Å². The molecule has 2 unspecified atom stereocenters. The fraction of sp³-hybridized carbons (Fsp3) is 0.379. The lowest BCUT2D eigenvalue weighted by Gasteiger charge is -2.25. The topological polar surface area (TPSA) is 150 Å². The van der Waals surface area contributed by atoms with Gasteiger partial charge in [0.25, 0.3) is 11.8 Å². The molecule has 0 aliphatic carbocycles. The number of aromatic nitrogens is 2. The molecule has 0 fully saturated rings. The molecule has 14 heteroatoms. The van der Waals surface area contributed by atoms with Gasteiger partial charge in [-0.05, 0) is 57.0 Å². The Kier molecular flexibility index (Phi) is 9.71. The number of carbonyl (C=O) groups is 3. The molecule has 1 aliphatic rings. The summed E-state index contributed by atoms with van der Waals surface area (Å²) >= 11 is 0. The maximum absolute atomic E-state index is 12.7. The number of carbonyl (C=O) groups excluding carboxylic acids is 3. The van der Waals surface area contributed by atoms with E-state index >= 15 is 0 Å². The SMILES string of the molecule is COP(=O)(O)C(COc1ccc(-c2cn(CCCNC(=O)OC(C)(C)C)[n+](C)c2)cc1)ON1C(=O)c2ccccc2C1=O. The molecule has 0 bridgehead atoms. The van der Waals surface area contributed by atoms with Crippen LogP contribution >= 0.6 is 7.60 Å². The molecule has 2 aromatic carbocycles. The number of imide groups is 1. The van der Waals surface area contributed by atoms with Crippen LogP contribution < -0.4 is 14.7 Å². The van der Waals surface area contributed by atoms with Gasteiger partial charge in [0.15, 0.2) is 7.05 Å². The van der Waals surface area contributed by atoms with E-state index in [1.165, 1.54) is 12.1 Å². The zero-order chi connectivity index (χ0) is 31.4. The van der Waals surface area contributed by atoms with Crippen molar-refractivity contribution in [2.75, 3.05) is 20.3 Å². The highest BCUT2D eigenvalue weighted by atomic mass is 31.2. The zero-order valence-corrected chi connectivity index (χ0v) is 25.6. The Bertz CT molecular complexity index is 1500. The van der Waals surface area contributed by atoms with Crippen molar-refractivity contribution in [3.8, 4) is 16.9 Å². The second-order valence-electron chi connectivity index (χ2n) is 10.8. The van der Waals surface area contributed by atoms with E-state index in [1.54, 1.807) is 24.3 Å². The Morgan fingerprint density at radius 2 is 1.67 bits per heavy atom. The van der Waals surface area contributed by atoms with Crippen molar-refractivity contribution in [1.29, 1.82) is 0 Å². The molecule has 1 aromatic heterocycles. The average Bonchev–Trinajstić information content (AvgIpc) is 3.44. The van der Waals surface area contributed by atoms with Gasteiger partial charge in [-0.3, -0.25) is 14.2 Å². The summed E-state index contributed by atoms with van der Waals surface area (Å²) < 4.78 is 32.3. The van der Waals surface area contributed by atoms with Crippen LogP contribution in [0.1, 0.15) is 47.9 Å². The molecule has 2 heterocycles. The lowest BCUT2D eigenvalue weighted by atomic mass is 10.1. The number of benzene rings is 2. The third-order valence-electron chi connectivity index (χ3n) is 6.44. The zero-order valence-electron chi connectivity index (χ0n) is 24.7. The Morgan fingerprint density at radius 3 is 2.26 bits per heavy atom. The van der Waals surface area contributed by atoms with E-state index in [9.17, 15) is 23.8 Å². The summed E-state index contributed by atoms with van der Waals surface area (Å²) in [6.07, 6.45) is 4.20. The Morgan fingerprint density at radius 1 is 1.05 bits per heavy atom. The highest BCUT2D eigenvalue weighted by molar-refractivity contribution is 7.53. The van der Waals surface area contributed by atoms with E-state index in [4.69, 9.17) is 18.8 Å². The van der Waals surface area contributed by atoms with Crippen LogP contribution in [0, 0.1) is 0 Å². The highest BCUT2D eigenvalue weighted by Crippen LogP contribution is 2.48. The van der Waals surface area contributed by atoms with Gasteiger partial charge in [0.1, 0.15) is 18.0 Å². The first-order valence-corrected chi connectivity index (χ1v) is 15.2. The van der Waals surface area contributed by atoms with Gasteiger partial charge in [-0.1, -0.05) is 24.3 Å². The first-order valence-electron chi connectivity index (χ1n) is 13.6. The number of hydrogen-bond acceptors (Lipinski definition) is 8. The smallest absolute Gasteiger partial charge is 0.407 e. The number of ether oxygens (including phenoxy) is 2. The standard InChI is InChI=1S/C29H35N4O9P/c1-29(2,3)41-28(36)30-15-8-16-32-18-21(17-31(32)4)20-11-13-22(14-12-20)40-19-25(43(37,38)39-5)42-33-26(34)23-9-6-7-10-24(23)27(33)35/h6-7,9-14,17-18,25H,8,15-16,19H2,1-5H3,(H-,30,36,37,38)/p+1. The fourth-order valence-electron chi connectivity index (χ4n) is 4.27. The fourth-order valence-corrected chi connectivity index (χ4v) is 4.99. The summed E-state index contributed by atoms with van der Waals surface area (Å²) in [5.74, 6) is -2.78. The summed E-state index contributed by atoms with van der Waals surface area (Å²) in [6, 6.07) is 13.2. The van der Waals surface area contributed by atoms with Crippen molar-refractivity contribution in [3.63, 3.8) is 0 Å². The number of aryl methyl sites for hydroxylation is 2. The van der Waals surface area contributed by atoms with Crippen LogP contribution in [0.4, 0.5) is 4.79 Å². The van der Waals surface area contributed by atoms with Crippen LogP contribution in [0.2, 0.25) is 0 Å². The molecule has 1 aliphatic heterocycles. The Labute approximate surface area is 249 Å². The molecular weight excluding hydrogens is 579 g/mol. The van der Waals surface area contributed by atoms with Crippen LogP contribution in [0.15, 0.2) is 60.9 Å². The third-order valence-corrected chi connectivity index (χ3v) is 7.94. The second kappa shape index (κ2) is 13.1. The largest absolute Gasteiger partial charge is 0.490 e. The molecule has 0 radical (unpaired) electrons. The number of nitrogens with one attached hydrogen (secondary N) is 1. The van der Waals surface area contributed by atoms with Crippen LogP contribution in [0.25, 0.3) is 11.1 Å². The first-order chi connectivity index (χ1) is 20.3. The Hall–Kier alpha value is -4.03. The summed E-state index contributed by atoms with van der Waals surface area (Å²) in [4.78, 5) is 52.9. The number of fused-ring (bicyclic) bond motifs is 1. The molecule has 0 saturated heterocycles. The maximum Gasteiger partial charge on any atom is 0.407 e. The van der Waals surface area contributed by atoms with Crippen molar-refractivity contribution in [2.45, 2.75) is 45.2 Å². The number of amides is 3. The molecule has 2 N–H and O–H groups in total. The number of hydroxylamine groups is 2. The van der Waals surface area contributed by atoms with E-state index < -0.39 is 43.6 Å². The average molecular weight is 616 g/mol. The number of alkyl carbamates (subject to hydrolysis) is 1. The van der Waals surface area contributed by atoms with Crippen molar-refractivity contribution >= 4 is 25.5 Å². The minimum atomic E-state index is -4.44. The van der Waals surface area contributed by atoms with Crippen molar-refractivity contribution in [3.05, 3.63) is 72.1 Å². The summed E-state index contributed by atoms with van der Waals surface area (Å²) in [7, 11) is -1.50. The van der Waals surface area contributed by atoms with E-state index in [0.29, 0.717) is 30.3 Å². The molecule has 13 nitrogen and oxygen atoms in total. The maximum atomic E-state index is 12.7. The van der Waals surface area contributed by atoms with Crippen molar-refractivity contribution in [1.82, 2.24) is 15.1 Å². The highest BCUT2D eigenvalue weighted by Gasteiger charge is 2.43. The monoisotopic (exact) mass is 615 g/mol. The van der Waals surface area contributed by atoms with E-state index in [-0.39, 0.29) is 11.1 Å². The molecule has 4 rings (SSSR count). The number of hydrogen-bond donors (Lipinski definition) is 2. The molecule has 3 aromatic rings. The van der Waals surface area contributed by atoms with Gasteiger partial charge in [-0.15, -0.1) is 9.75 Å². The molecule has 230 valence electrons. The minimum Gasteiger partial charge on any atom is -0.490 e. The van der Waals surface area contributed by atoms with Crippen LogP contribution in [0.3, 0.4) is 0 Å². The molecule has 3 amide bonds. The van der Waals surface area contributed by atoms with E-state index in [0.717, 1.165) is 18.2 Å². The van der Waals surface area contributed by atoms with Crippen molar-refractivity contribution in [2.24, 2.45) is 7.05 Å². The van der Waals surface area contributed by atoms with E-state index in [2.05, 4.69) is 5.32 Å². The van der Waals surface area contributed by atoms with E-state index in [1.807, 2.05) is 61.7 Å². The van der Waals surface area contributed by atoms with Crippen LogP contribution in [0.5, 0.6) is 5.75 Å². The van der Waals surface area contributed by atoms with Gasteiger partial charge >= 0.3 is 13.7 Å². The van der Waals surface area contributed by atoms with Gasteiger partial charge in [-0.2, -0.15) is 4.68 Å². The Balaban J connectivity index is 1.35. The van der Waals surface area contributed by atoms with Gasteiger partial charge < -0.3 is 24.2 Å². The van der Waals surface area contributed by atoms with Crippen LogP contribution in [-0.2, 0) is 32.3 Å². The summed E-state index contributed by atoms with van der Waals surface area (Å²) in [5, 5.41) is 3.21. The van der Waals surface area contributed by atoms with Crippen molar-refractivity contribution < 1.29 is 47.4 Å². The molecular formula is C29H36N4O9P+. The minimum absolute atomic E-state index is 0.132. The normalized spacial score (nSPS) is 15.2. The summed E-state index contributed by atoms with van der Waals surface area (Å²) in [6.45, 7) is 6.10. The predicted molar refractivity (Wildman–Crippen MR) is 154 cm³/mol.